The summed E-state index contributed by atoms with van der Waals surface area (Å²) in [6, 6.07) is 7.27. The van der Waals surface area contributed by atoms with Crippen molar-refractivity contribution in [2.75, 3.05) is 19.3 Å². The van der Waals surface area contributed by atoms with Crippen LogP contribution in [0.5, 0.6) is 0 Å². The molecule has 7 heteroatoms. The van der Waals surface area contributed by atoms with Gasteiger partial charge < -0.3 is 15.7 Å². The number of carbonyl (C=O) groups is 1. The van der Waals surface area contributed by atoms with E-state index in [1.54, 1.807) is 31.6 Å². The lowest BCUT2D eigenvalue weighted by molar-refractivity contribution is -0.135. The number of aliphatic hydroxyl groups is 1. The van der Waals surface area contributed by atoms with Gasteiger partial charge in [0.2, 0.25) is 0 Å². The number of nitrogens with two attached hydrogens (primary N) is 1. The van der Waals surface area contributed by atoms with E-state index in [0.717, 1.165) is 16.5 Å². The molecule has 0 saturated heterocycles. The maximum Gasteiger partial charge on any atom is 0.263 e. The summed E-state index contributed by atoms with van der Waals surface area (Å²) < 4.78 is 0. The second kappa shape index (κ2) is 8.03. The van der Waals surface area contributed by atoms with E-state index in [2.05, 4.69) is 26.8 Å². The van der Waals surface area contributed by atoms with Gasteiger partial charge in [-0.2, -0.15) is 0 Å². The molecule has 28 heavy (non-hydrogen) atoms. The highest BCUT2D eigenvalue weighted by Gasteiger charge is 2.15. The largest absolute Gasteiger partial charge is 0.382 e. The predicted molar refractivity (Wildman–Crippen MR) is 108 cm³/mol. The Bertz CT molecular complexity index is 1100. The zero-order chi connectivity index (χ0) is 20.3. The molecule has 3 rings (SSSR count). The number of likely N-dealkylation sites (N-methyl/N-ethyl adjacent to an activating group) is 1. The van der Waals surface area contributed by atoms with Gasteiger partial charge in [0.15, 0.2) is 11.9 Å². The van der Waals surface area contributed by atoms with E-state index in [1.165, 1.54) is 4.90 Å². The highest BCUT2D eigenvalue weighted by Crippen LogP contribution is 2.23. The summed E-state index contributed by atoms with van der Waals surface area (Å²) in [6.07, 6.45) is 2.06. The van der Waals surface area contributed by atoms with Crippen LogP contribution in [-0.2, 0) is 4.79 Å². The molecule has 0 bridgehead atoms. The number of aryl methyl sites for hydroxylation is 1. The van der Waals surface area contributed by atoms with Crippen LogP contribution in [0, 0.1) is 18.8 Å². The van der Waals surface area contributed by atoms with Gasteiger partial charge in [-0.05, 0) is 31.5 Å². The maximum absolute atomic E-state index is 11.9. The maximum atomic E-state index is 11.9. The minimum atomic E-state index is -1.36. The van der Waals surface area contributed by atoms with Crippen molar-refractivity contribution >= 4 is 22.6 Å². The number of amides is 1. The minimum Gasteiger partial charge on any atom is -0.382 e. The average molecular weight is 375 g/mol. The van der Waals surface area contributed by atoms with Crippen LogP contribution < -0.4 is 5.73 Å². The molecular weight excluding hydrogens is 354 g/mol. The fourth-order valence-electron chi connectivity index (χ4n) is 2.62. The van der Waals surface area contributed by atoms with Crippen LogP contribution in [0.15, 0.2) is 36.7 Å². The average Bonchev–Trinajstić information content (AvgIpc) is 2.73. The number of fused-ring (bicyclic) bond motifs is 1. The smallest absolute Gasteiger partial charge is 0.263 e. The molecule has 142 valence electrons. The first-order valence-electron chi connectivity index (χ1n) is 8.83. The molecule has 3 N–H and O–H groups in total. The van der Waals surface area contributed by atoms with Crippen LogP contribution in [0.4, 0.5) is 5.82 Å². The molecule has 0 aliphatic heterocycles. The number of aromatic nitrogens is 3. The van der Waals surface area contributed by atoms with Crippen molar-refractivity contribution in [1.82, 2.24) is 19.9 Å². The number of anilines is 1. The number of hydrogen-bond acceptors (Lipinski definition) is 6. The summed E-state index contributed by atoms with van der Waals surface area (Å²) in [6.45, 7) is 4.26. The van der Waals surface area contributed by atoms with Crippen molar-refractivity contribution in [1.29, 1.82) is 0 Å². The monoisotopic (exact) mass is 375 g/mol. The van der Waals surface area contributed by atoms with Crippen molar-refractivity contribution in [3.05, 3.63) is 47.8 Å². The van der Waals surface area contributed by atoms with Crippen LogP contribution in [0.2, 0.25) is 0 Å². The van der Waals surface area contributed by atoms with E-state index in [1.807, 2.05) is 26.0 Å². The standard InChI is InChI=1S/C21H21N5O2/c1-4-26(3)21(28)17(27)9-8-14-6-5-7-15(10-14)20-24-12-16-13(2)11-23-19(22)18(16)25-20/h5-7,10-12,17,27H,4H2,1-3H3,(H2,22,23)/t17-/m1/s1. The molecule has 2 heterocycles. The van der Waals surface area contributed by atoms with Crippen LogP contribution >= 0.6 is 0 Å². The second-order valence-electron chi connectivity index (χ2n) is 6.39. The number of benzene rings is 1. The Labute approximate surface area is 163 Å². The SMILES string of the molecule is CCN(C)C(=O)[C@H](O)C#Cc1cccc(-c2ncc3c(C)cnc(N)c3n2)c1. The summed E-state index contributed by atoms with van der Waals surface area (Å²) in [5, 5.41) is 10.8. The van der Waals surface area contributed by atoms with Gasteiger partial charge in [-0.15, -0.1) is 0 Å². The number of aliphatic hydroxyl groups excluding tert-OH is 1. The van der Waals surface area contributed by atoms with E-state index in [4.69, 9.17) is 5.73 Å². The van der Waals surface area contributed by atoms with E-state index in [9.17, 15) is 9.90 Å². The first-order valence-corrected chi connectivity index (χ1v) is 8.83. The first-order chi connectivity index (χ1) is 13.4. The Kier molecular flexibility index (Phi) is 5.52. The highest BCUT2D eigenvalue weighted by molar-refractivity contribution is 5.90. The van der Waals surface area contributed by atoms with Crippen LogP contribution in [0.25, 0.3) is 22.3 Å². The Morgan fingerprint density at radius 2 is 2.11 bits per heavy atom. The lowest BCUT2D eigenvalue weighted by Crippen LogP contribution is -2.35. The summed E-state index contributed by atoms with van der Waals surface area (Å²) >= 11 is 0. The topological polar surface area (TPSA) is 105 Å². The van der Waals surface area contributed by atoms with Gasteiger partial charge in [-0.25, -0.2) is 15.0 Å². The molecule has 0 aliphatic carbocycles. The molecule has 2 aromatic heterocycles. The zero-order valence-electron chi connectivity index (χ0n) is 16.0. The molecule has 0 saturated carbocycles. The van der Waals surface area contributed by atoms with Crippen molar-refractivity contribution < 1.29 is 9.90 Å². The molecule has 1 amide bonds. The number of carbonyl (C=O) groups excluding carboxylic acids is 1. The summed E-state index contributed by atoms with van der Waals surface area (Å²) in [4.78, 5) is 26.4. The normalized spacial score (nSPS) is 11.6. The molecule has 1 atom stereocenters. The first kappa shape index (κ1) is 19.3. The molecule has 0 aliphatic rings. The quantitative estimate of drug-likeness (QED) is 0.676. The van der Waals surface area contributed by atoms with Crippen molar-refractivity contribution in [3.8, 4) is 23.2 Å². The molecular formula is C21H21N5O2. The Morgan fingerprint density at radius 1 is 1.32 bits per heavy atom. The Morgan fingerprint density at radius 3 is 2.86 bits per heavy atom. The fourth-order valence-corrected chi connectivity index (χ4v) is 2.62. The van der Waals surface area contributed by atoms with Gasteiger partial charge in [-0.3, -0.25) is 4.79 Å². The van der Waals surface area contributed by atoms with Crippen molar-refractivity contribution in [2.24, 2.45) is 0 Å². The molecule has 7 nitrogen and oxygen atoms in total. The number of hydrogen-bond donors (Lipinski definition) is 2. The molecule has 0 unspecified atom stereocenters. The Balaban J connectivity index is 1.92. The van der Waals surface area contributed by atoms with Gasteiger partial charge in [0.1, 0.15) is 11.3 Å². The van der Waals surface area contributed by atoms with E-state index < -0.39 is 12.0 Å². The van der Waals surface area contributed by atoms with Gasteiger partial charge in [0.25, 0.3) is 5.91 Å². The van der Waals surface area contributed by atoms with Crippen LogP contribution in [0.3, 0.4) is 0 Å². The third kappa shape index (κ3) is 3.92. The zero-order valence-corrected chi connectivity index (χ0v) is 16.0. The van der Waals surface area contributed by atoms with Crippen LogP contribution in [0.1, 0.15) is 18.1 Å². The van der Waals surface area contributed by atoms with E-state index in [-0.39, 0.29) is 0 Å². The van der Waals surface area contributed by atoms with Crippen molar-refractivity contribution in [3.63, 3.8) is 0 Å². The van der Waals surface area contributed by atoms with Gasteiger partial charge >= 0.3 is 0 Å². The van der Waals surface area contributed by atoms with Crippen molar-refractivity contribution in [2.45, 2.75) is 20.0 Å². The molecule has 1 aromatic carbocycles. The number of pyridine rings is 1. The third-order valence-electron chi connectivity index (χ3n) is 4.41. The molecule has 3 aromatic rings. The van der Waals surface area contributed by atoms with Gasteiger partial charge in [-0.1, -0.05) is 24.0 Å². The predicted octanol–water partition coefficient (Wildman–Crippen LogP) is 1.77. The van der Waals surface area contributed by atoms with Gasteiger partial charge in [0.05, 0.1) is 0 Å². The Hall–Kier alpha value is -3.50. The van der Waals surface area contributed by atoms with Crippen LogP contribution in [-0.4, -0.2) is 50.6 Å². The summed E-state index contributed by atoms with van der Waals surface area (Å²) in [5.41, 5.74) is 8.90. The summed E-state index contributed by atoms with van der Waals surface area (Å²) in [5.74, 6) is 5.83. The van der Waals surface area contributed by atoms with Gasteiger partial charge in [0, 0.05) is 42.5 Å². The summed E-state index contributed by atoms with van der Waals surface area (Å²) in [7, 11) is 1.62. The second-order valence-corrected chi connectivity index (χ2v) is 6.39. The number of rotatable bonds is 3. The molecule has 0 fully saturated rings. The third-order valence-corrected chi connectivity index (χ3v) is 4.41. The lowest BCUT2D eigenvalue weighted by atomic mass is 10.1. The molecule has 0 spiro atoms. The minimum absolute atomic E-state index is 0.349. The van der Waals surface area contributed by atoms with E-state index in [0.29, 0.717) is 29.3 Å². The fraction of sp³-hybridized carbons (Fsp3) is 0.238. The number of nitrogens with zero attached hydrogens (tertiary/aromatic N) is 4. The lowest BCUT2D eigenvalue weighted by Gasteiger charge is -2.15. The molecule has 0 radical (unpaired) electrons. The highest BCUT2D eigenvalue weighted by atomic mass is 16.3. The number of nitrogen functional groups attached to an aromatic ring is 1. The van der Waals surface area contributed by atoms with E-state index >= 15 is 0 Å².